The molecule has 2 aromatic carbocycles. The first kappa shape index (κ1) is 15.0. The first-order chi connectivity index (χ1) is 11.2. The van der Waals surface area contributed by atoms with Crippen molar-refractivity contribution in [3.05, 3.63) is 41.5 Å². The quantitative estimate of drug-likeness (QED) is 0.764. The molecule has 0 amide bonds. The fraction of sp³-hybridized carbons (Fsp3) is 0.235. The van der Waals surface area contributed by atoms with Crippen LogP contribution in [-0.2, 0) is 6.61 Å². The van der Waals surface area contributed by atoms with Crippen LogP contribution in [0.1, 0.15) is 15.9 Å². The predicted octanol–water partition coefficient (Wildman–Crippen LogP) is 2.82. The number of benzene rings is 2. The number of carbonyl (C=O) groups is 1. The number of hydrogen-bond acceptors (Lipinski definition) is 6. The molecular weight excluding hydrogens is 300 g/mol. The van der Waals surface area contributed by atoms with Crippen LogP contribution >= 0.6 is 0 Å². The first-order valence-corrected chi connectivity index (χ1v) is 6.97. The minimum Gasteiger partial charge on any atom is -0.493 e. The normalized spacial score (nSPS) is 11.9. The number of rotatable bonds is 6. The minimum absolute atomic E-state index is 0.231. The van der Waals surface area contributed by atoms with Gasteiger partial charge in [-0.05, 0) is 29.8 Å². The first-order valence-electron chi connectivity index (χ1n) is 6.97. The van der Waals surface area contributed by atoms with Crippen molar-refractivity contribution in [3.63, 3.8) is 0 Å². The van der Waals surface area contributed by atoms with Gasteiger partial charge in [0, 0.05) is 5.56 Å². The molecule has 0 saturated carbocycles. The maximum absolute atomic E-state index is 11.0. The molecule has 0 saturated heterocycles. The minimum atomic E-state index is 0.231. The average molecular weight is 316 g/mol. The molecule has 2 aromatic rings. The molecule has 6 nitrogen and oxygen atoms in total. The summed E-state index contributed by atoms with van der Waals surface area (Å²) in [4.78, 5) is 11.0. The van der Waals surface area contributed by atoms with Crippen LogP contribution in [0, 0.1) is 0 Å². The van der Waals surface area contributed by atoms with Crippen molar-refractivity contribution >= 4 is 6.29 Å². The summed E-state index contributed by atoms with van der Waals surface area (Å²) in [6, 6.07) is 8.80. The van der Waals surface area contributed by atoms with Crippen molar-refractivity contribution in [2.24, 2.45) is 0 Å². The summed E-state index contributed by atoms with van der Waals surface area (Å²) in [5, 5.41) is 0. The molecule has 6 heteroatoms. The number of fused-ring (bicyclic) bond motifs is 1. The predicted molar refractivity (Wildman–Crippen MR) is 81.8 cm³/mol. The van der Waals surface area contributed by atoms with Gasteiger partial charge in [0.25, 0.3) is 0 Å². The van der Waals surface area contributed by atoms with Gasteiger partial charge in [-0.25, -0.2) is 0 Å². The Kier molecular flexibility index (Phi) is 4.23. The lowest BCUT2D eigenvalue weighted by Crippen LogP contribution is -2.01. The van der Waals surface area contributed by atoms with Gasteiger partial charge in [-0.15, -0.1) is 0 Å². The van der Waals surface area contributed by atoms with E-state index in [9.17, 15) is 4.79 Å². The van der Waals surface area contributed by atoms with Gasteiger partial charge in [-0.2, -0.15) is 0 Å². The van der Waals surface area contributed by atoms with E-state index < -0.39 is 0 Å². The maximum Gasteiger partial charge on any atom is 0.231 e. The molecule has 0 spiro atoms. The van der Waals surface area contributed by atoms with Gasteiger partial charge in [0.15, 0.2) is 23.0 Å². The third-order valence-corrected chi connectivity index (χ3v) is 3.44. The molecule has 1 aliphatic rings. The molecule has 0 fully saturated rings. The lowest BCUT2D eigenvalue weighted by Gasteiger charge is -2.15. The Morgan fingerprint density at radius 2 is 1.74 bits per heavy atom. The highest BCUT2D eigenvalue weighted by atomic mass is 16.7. The molecule has 0 atom stereocenters. The number of ether oxygens (including phenoxy) is 5. The standard InChI is InChI=1S/C17H16O6/c1-19-15-6-12(8-18)7-16(20-2)17(15)21-9-11-3-4-13-14(5-11)23-10-22-13/h3-8H,9-10H2,1-2H3. The number of carbonyl (C=O) groups excluding carboxylic acids is 1. The Bertz CT molecular complexity index is 700. The Morgan fingerprint density at radius 3 is 2.39 bits per heavy atom. The van der Waals surface area contributed by atoms with E-state index in [-0.39, 0.29) is 6.79 Å². The van der Waals surface area contributed by atoms with Crippen molar-refractivity contribution in [2.45, 2.75) is 6.61 Å². The van der Waals surface area contributed by atoms with Gasteiger partial charge >= 0.3 is 0 Å². The van der Waals surface area contributed by atoms with Gasteiger partial charge in [0.1, 0.15) is 12.9 Å². The lowest BCUT2D eigenvalue weighted by molar-refractivity contribution is 0.112. The second kappa shape index (κ2) is 6.48. The zero-order valence-corrected chi connectivity index (χ0v) is 12.8. The topological polar surface area (TPSA) is 63.2 Å². The van der Waals surface area contributed by atoms with Gasteiger partial charge < -0.3 is 23.7 Å². The van der Waals surface area contributed by atoms with Gasteiger partial charge in [0.05, 0.1) is 14.2 Å². The van der Waals surface area contributed by atoms with E-state index in [1.54, 1.807) is 12.1 Å². The fourth-order valence-electron chi connectivity index (χ4n) is 2.30. The van der Waals surface area contributed by atoms with Crippen LogP contribution in [0.5, 0.6) is 28.7 Å². The molecule has 23 heavy (non-hydrogen) atoms. The van der Waals surface area contributed by atoms with Crippen molar-refractivity contribution < 1.29 is 28.5 Å². The summed E-state index contributed by atoms with van der Waals surface area (Å²) < 4.78 is 27.0. The Hall–Kier alpha value is -2.89. The summed E-state index contributed by atoms with van der Waals surface area (Å²) in [7, 11) is 3.02. The van der Waals surface area contributed by atoms with E-state index in [1.807, 2.05) is 18.2 Å². The van der Waals surface area contributed by atoms with Crippen LogP contribution in [0.4, 0.5) is 0 Å². The van der Waals surface area contributed by atoms with Crippen LogP contribution in [0.15, 0.2) is 30.3 Å². The molecule has 0 bridgehead atoms. The molecule has 120 valence electrons. The average Bonchev–Trinajstić information content (AvgIpc) is 3.06. The second-order valence-corrected chi connectivity index (χ2v) is 4.85. The zero-order chi connectivity index (χ0) is 16.2. The highest BCUT2D eigenvalue weighted by Gasteiger charge is 2.16. The molecule has 0 aromatic heterocycles. The number of hydrogen-bond donors (Lipinski definition) is 0. The van der Waals surface area contributed by atoms with Crippen LogP contribution < -0.4 is 23.7 Å². The Balaban J connectivity index is 1.83. The van der Waals surface area contributed by atoms with Crippen molar-refractivity contribution in [1.29, 1.82) is 0 Å². The third-order valence-electron chi connectivity index (χ3n) is 3.44. The monoisotopic (exact) mass is 316 g/mol. The molecule has 1 aliphatic heterocycles. The van der Waals surface area contributed by atoms with Crippen LogP contribution in [-0.4, -0.2) is 27.3 Å². The summed E-state index contributed by atoms with van der Waals surface area (Å²) in [6.45, 7) is 0.526. The molecule has 0 unspecified atom stereocenters. The van der Waals surface area contributed by atoms with E-state index in [0.717, 1.165) is 17.6 Å². The summed E-state index contributed by atoms with van der Waals surface area (Å²) in [5.41, 5.74) is 1.37. The summed E-state index contributed by atoms with van der Waals surface area (Å²) in [6.07, 6.45) is 0.729. The zero-order valence-electron chi connectivity index (χ0n) is 12.8. The summed E-state index contributed by atoms with van der Waals surface area (Å²) in [5.74, 6) is 2.73. The second-order valence-electron chi connectivity index (χ2n) is 4.85. The van der Waals surface area contributed by atoms with Gasteiger partial charge in [-0.3, -0.25) is 4.79 Å². The largest absolute Gasteiger partial charge is 0.493 e. The smallest absolute Gasteiger partial charge is 0.231 e. The van der Waals surface area contributed by atoms with Crippen molar-refractivity contribution in [2.75, 3.05) is 21.0 Å². The molecular formula is C17H16O6. The third kappa shape index (κ3) is 3.01. The van der Waals surface area contributed by atoms with E-state index >= 15 is 0 Å². The SMILES string of the molecule is COc1cc(C=O)cc(OC)c1OCc1ccc2c(c1)OCO2. The Morgan fingerprint density at radius 1 is 1.04 bits per heavy atom. The summed E-state index contributed by atoms with van der Waals surface area (Å²) >= 11 is 0. The maximum atomic E-state index is 11.0. The van der Waals surface area contributed by atoms with E-state index in [4.69, 9.17) is 23.7 Å². The van der Waals surface area contributed by atoms with Gasteiger partial charge in [-0.1, -0.05) is 6.07 Å². The molecule has 0 N–H and O–H groups in total. The van der Waals surface area contributed by atoms with Gasteiger partial charge in [0.2, 0.25) is 12.5 Å². The number of aldehydes is 1. The molecule has 0 aliphatic carbocycles. The molecule has 1 heterocycles. The fourth-order valence-corrected chi connectivity index (χ4v) is 2.30. The number of methoxy groups -OCH3 is 2. The van der Waals surface area contributed by atoms with Crippen molar-refractivity contribution in [1.82, 2.24) is 0 Å². The molecule has 0 radical (unpaired) electrons. The Labute approximate surface area is 133 Å². The van der Waals surface area contributed by atoms with Crippen LogP contribution in [0.2, 0.25) is 0 Å². The van der Waals surface area contributed by atoms with Crippen molar-refractivity contribution in [3.8, 4) is 28.7 Å². The van der Waals surface area contributed by atoms with Crippen LogP contribution in [0.25, 0.3) is 0 Å². The van der Waals surface area contributed by atoms with E-state index in [1.165, 1.54) is 14.2 Å². The highest BCUT2D eigenvalue weighted by molar-refractivity contribution is 5.78. The molecule has 3 rings (SSSR count). The lowest BCUT2D eigenvalue weighted by atomic mass is 10.2. The van der Waals surface area contributed by atoms with E-state index in [0.29, 0.717) is 35.2 Å². The van der Waals surface area contributed by atoms with E-state index in [2.05, 4.69) is 0 Å². The van der Waals surface area contributed by atoms with Crippen LogP contribution in [0.3, 0.4) is 0 Å². The highest BCUT2D eigenvalue weighted by Crippen LogP contribution is 2.39.